The van der Waals surface area contributed by atoms with E-state index in [0.29, 0.717) is 18.1 Å². The van der Waals surface area contributed by atoms with Crippen LogP contribution in [0.1, 0.15) is 33.1 Å². The van der Waals surface area contributed by atoms with Gasteiger partial charge in [-0.1, -0.05) is 6.07 Å². The molecule has 0 amide bonds. The molecule has 1 aromatic rings. The molecule has 5 heteroatoms. The topological polar surface area (TPSA) is 62.2 Å². The molecule has 1 aliphatic carbocycles. The predicted octanol–water partition coefficient (Wildman–Crippen LogP) is 2.55. The molecule has 0 radical (unpaired) electrons. The minimum Gasteiger partial charge on any atom is -0.480 e. The van der Waals surface area contributed by atoms with Crippen LogP contribution in [-0.2, 0) is 4.79 Å². The van der Waals surface area contributed by atoms with E-state index in [1.165, 1.54) is 0 Å². The Morgan fingerprint density at radius 2 is 2.37 bits per heavy atom. The quantitative estimate of drug-likeness (QED) is 0.868. The van der Waals surface area contributed by atoms with Crippen LogP contribution in [0.15, 0.2) is 29.4 Å². The molecule has 4 nitrogen and oxygen atoms in total. The second kappa shape index (κ2) is 5.92. The highest BCUT2D eigenvalue weighted by atomic mass is 32.2. The average molecular weight is 280 g/mol. The fourth-order valence-corrected chi connectivity index (χ4v) is 3.85. The Bertz CT molecular complexity index is 438. The maximum atomic E-state index is 11.6. The van der Waals surface area contributed by atoms with Crippen molar-refractivity contribution in [3.8, 4) is 0 Å². The molecule has 1 aliphatic rings. The summed E-state index contributed by atoms with van der Waals surface area (Å²) in [5, 5.41) is 14.0. The van der Waals surface area contributed by atoms with Gasteiger partial charge in [-0.2, -0.15) is 0 Å². The Labute approximate surface area is 118 Å². The molecule has 0 aromatic carbocycles. The summed E-state index contributed by atoms with van der Waals surface area (Å²) in [5.41, 5.74) is -0.763. The van der Waals surface area contributed by atoms with Gasteiger partial charge in [0, 0.05) is 17.5 Å². The number of hydrogen-bond donors (Lipinski definition) is 2. The summed E-state index contributed by atoms with van der Waals surface area (Å²) >= 11 is 1.68. The van der Waals surface area contributed by atoms with Gasteiger partial charge >= 0.3 is 5.97 Å². The molecule has 2 rings (SSSR count). The molecule has 104 valence electrons. The number of hydrogen-bond acceptors (Lipinski definition) is 4. The van der Waals surface area contributed by atoms with E-state index in [1.54, 1.807) is 18.0 Å². The summed E-state index contributed by atoms with van der Waals surface area (Å²) in [6.45, 7) is 3.98. The molecule has 0 aliphatic heterocycles. The van der Waals surface area contributed by atoms with E-state index in [2.05, 4.69) is 10.3 Å². The number of carboxylic acid groups (broad SMARTS) is 1. The van der Waals surface area contributed by atoms with Crippen molar-refractivity contribution < 1.29 is 9.90 Å². The number of rotatable bonds is 5. The van der Waals surface area contributed by atoms with Crippen LogP contribution >= 0.6 is 11.8 Å². The van der Waals surface area contributed by atoms with E-state index in [0.717, 1.165) is 11.4 Å². The predicted molar refractivity (Wildman–Crippen MR) is 76.4 cm³/mol. The SMILES string of the molecule is CC(C)NC1(C(=O)O)CCC(Sc2ccccn2)C1. The van der Waals surface area contributed by atoms with Crippen LogP contribution in [0.5, 0.6) is 0 Å². The van der Waals surface area contributed by atoms with Gasteiger partial charge in [0.2, 0.25) is 0 Å². The van der Waals surface area contributed by atoms with Crippen LogP contribution in [-0.4, -0.2) is 32.9 Å². The number of nitrogens with one attached hydrogen (secondary N) is 1. The van der Waals surface area contributed by atoms with Crippen molar-refractivity contribution in [2.75, 3.05) is 0 Å². The minimum absolute atomic E-state index is 0.176. The smallest absolute Gasteiger partial charge is 0.323 e. The van der Waals surface area contributed by atoms with E-state index >= 15 is 0 Å². The number of aromatic nitrogens is 1. The summed E-state index contributed by atoms with van der Waals surface area (Å²) in [5.74, 6) is -0.731. The molecule has 2 N–H and O–H groups in total. The van der Waals surface area contributed by atoms with Gasteiger partial charge < -0.3 is 5.11 Å². The fraction of sp³-hybridized carbons (Fsp3) is 0.571. The lowest BCUT2D eigenvalue weighted by atomic mass is 9.97. The van der Waals surface area contributed by atoms with E-state index in [1.807, 2.05) is 32.0 Å². The normalized spacial score (nSPS) is 26.8. The minimum atomic E-state index is -0.763. The molecule has 1 aromatic heterocycles. The summed E-state index contributed by atoms with van der Waals surface area (Å²) < 4.78 is 0. The standard InChI is InChI=1S/C14H20N2O2S/c1-10(2)16-14(13(17)18)7-6-11(9-14)19-12-5-3-4-8-15-12/h3-5,8,10-11,16H,6-7,9H2,1-2H3,(H,17,18). The molecule has 0 saturated heterocycles. The number of carboxylic acids is 1. The molecule has 1 saturated carbocycles. The zero-order valence-corrected chi connectivity index (χ0v) is 12.1. The van der Waals surface area contributed by atoms with Crippen LogP contribution in [0.4, 0.5) is 0 Å². The third kappa shape index (κ3) is 3.48. The lowest BCUT2D eigenvalue weighted by Gasteiger charge is -2.28. The molecule has 0 bridgehead atoms. The van der Waals surface area contributed by atoms with Crippen molar-refractivity contribution in [3.05, 3.63) is 24.4 Å². The fourth-order valence-electron chi connectivity index (χ4n) is 2.63. The summed E-state index contributed by atoms with van der Waals surface area (Å²) in [7, 11) is 0. The highest BCUT2D eigenvalue weighted by molar-refractivity contribution is 7.99. The Kier molecular flexibility index (Phi) is 4.47. The molecule has 0 spiro atoms. The first kappa shape index (κ1) is 14.3. The molecule has 1 heterocycles. The number of aliphatic carboxylic acids is 1. The first-order valence-corrected chi connectivity index (χ1v) is 7.48. The third-order valence-electron chi connectivity index (χ3n) is 3.37. The first-order chi connectivity index (χ1) is 9.02. The number of pyridine rings is 1. The zero-order valence-electron chi connectivity index (χ0n) is 11.3. The van der Waals surface area contributed by atoms with Gasteiger partial charge in [-0.15, -0.1) is 11.8 Å². The molecule has 1 fully saturated rings. The number of thioether (sulfide) groups is 1. The highest BCUT2D eigenvalue weighted by Gasteiger charge is 2.46. The van der Waals surface area contributed by atoms with Crippen LogP contribution in [0.2, 0.25) is 0 Å². The van der Waals surface area contributed by atoms with Crippen LogP contribution in [0, 0.1) is 0 Å². The molecule has 19 heavy (non-hydrogen) atoms. The second-order valence-electron chi connectivity index (χ2n) is 5.34. The Balaban J connectivity index is 2.03. The molecule has 2 unspecified atom stereocenters. The Morgan fingerprint density at radius 1 is 1.58 bits per heavy atom. The second-order valence-corrected chi connectivity index (χ2v) is 6.66. The van der Waals surface area contributed by atoms with Gasteiger partial charge in [0.25, 0.3) is 0 Å². The summed E-state index contributed by atoms with van der Waals surface area (Å²) in [6, 6.07) is 6.00. The molecular formula is C14H20N2O2S. The zero-order chi connectivity index (χ0) is 13.9. The highest BCUT2D eigenvalue weighted by Crippen LogP contribution is 2.40. The number of carbonyl (C=O) groups is 1. The van der Waals surface area contributed by atoms with Gasteiger partial charge in [0.1, 0.15) is 5.54 Å². The van der Waals surface area contributed by atoms with E-state index < -0.39 is 11.5 Å². The summed E-state index contributed by atoms with van der Waals surface area (Å²) in [6.07, 6.45) is 4.02. The lowest BCUT2D eigenvalue weighted by molar-refractivity contribution is -0.145. The van der Waals surface area contributed by atoms with E-state index in [9.17, 15) is 9.90 Å². The maximum Gasteiger partial charge on any atom is 0.323 e. The van der Waals surface area contributed by atoms with E-state index in [-0.39, 0.29) is 6.04 Å². The Morgan fingerprint density at radius 3 is 2.95 bits per heavy atom. The van der Waals surface area contributed by atoms with E-state index in [4.69, 9.17) is 0 Å². The van der Waals surface area contributed by atoms with Gasteiger partial charge in [0.15, 0.2) is 0 Å². The molecular weight excluding hydrogens is 260 g/mol. The van der Waals surface area contributed by atoms with Crippen molar-refractivity contribution in [1.29, 1.82) is 0 Å². The van der Waals surface area contributed by atoms with Gasteiger partial charge in [-0.3, -0.25) is 10.1 Å². The van der Waals surface area contributed by atoms with Crippen molar-refractivity contribution in [2.24, 2.45) is 0 Å². The third-order valence-corrected chi connectivity index (χ3v) is 4.59. The van der Waals surface area contributed by atoms with Crippen molar-refractivity contribution >= 4 is 17.7 Å². The van der Waals surface area contributed by atoms with Crippen molar-refractivity contribution in [1.82, 2.24) is 10.3 Å². The van der Waals surface area contributed by atoms with Gasteiger partial charge in [-0.05, 0) is 45.2 Å². The van der Waals surface area contributed by atoms with Crippen LogP contribution in [0.3, 0.4) is 0 Å². The first-order valence-electron chi connectivity index (χ1n) is 6.61. The Hall–Kier alpha value is -1.07. The summed E-state index contributed by atoms with van der Waals surface area (Å²) in [4.78, 5) is 15.9. The maximum absolute atomic E-state index is 11.6. The van der Waals surface area contributed by atoms with Crippen molar-refractivity contribution in [3.63, 3.8) is 0 Å². The van der Waals surface area contributed by atoms with Crippen LogP contribution in [0.25, 0.3) is 0 Å². The lowest BCUT2D eigenvalue weighted by Crippen LogP contribution is -2.53. The van der Waals surface area contributed by atoms with Crippen LogP contribution < -0.4 is 5.32 Å². The van der Waals surface area contributed by atoms with Crippen molar-refractivity contribution in [2.45, 2.75) is 55.0 Å². The average Bonchev–Trinajstić information content (AvgIpc) is 2.74. The monoisotopic (exact) mass is 280 g/mol. The molecule has 2 atom stereocenters. The number of nitrogens with zero attached hydrogens (tertiary/aromatic N) is 1. The van der Waals surface area contributed by atoms with Gasteiger partial charge in [-0.25, -0.2) is 4.98 Å². The largest absolute Gasteiger partial charge is 0.480 e. The van der Waals surface area contributed by atoms with Gasteiger partial charge in [0.05, 0.1) is 5.03 Å².